The molecule has 1 rings (SSSR count). The first-order chi connectivity index (χ1) is 6.52. The maximum atomic E-state index is 11.3. The Hall–Kier alpha value is -0.900. The Bertz CT molecular complexity index is 232. The van der Waals surface area contributed by atoms with E-state index in [-0.39, 0.29) is 23.7 Å². The molecule has 0 spiro atoms. The smallest absolute Gasteiger partial charge is 0.227 e. The van der Waals surface area contributed by atoms with Crippen LogP contribution in [-0.2, 0) is 14.3 Å². The molecule has 1 unspecified atom stereocenters. The van der Waals surface area contributed by atoms with E-state index in [1.165, 1.54) is 6.92 Å². The average molecular weight is 199 g/mol. The molecule has 1 aliphatic heterocycles. The van der Waals surface area contributed by atoms with Gasteiger partial charge in [-0.3, -0.25) is 9.59 Å². The highest BCUT2D eigenvalue weighted by Crippen LogP contribution is 2.18. The van der Waals surface area contributed by atoms with Crippen molar-refractivity contribution >= 4 is 11.7 Å². The van der Waals surface area contributed by atoms with Gasteiger partial charge in [-0.25, -0.2) is 0 Å². The van der Waals surface area contributed by atoms with Gasteiger partial charge in [0, 0.05) is 6.61 Å². The molecule has 1 atom stereocenters. The van der Waals surface area contributed by atoms with E-state index in [1.807, 2.05) is 6.92 Å². The first-order valence-electron chi connectivity index (χ1n) is 4.90. The molecule has 0 aromatic carbocycles. The Morgan fingerprint density at radius 1 is 1.50 bits per heavy atom. The van der Waals surface area contributed by atoms with Gasteiger partial charge in [0.15, 0.2) is 0 Å². The molecule has 4 nitrogen and oxygen atoms in total. The van der Waals surface area contributed by atoms with E-state index in [2.05, 4.69) is 5.32 Å². The third-order valence-corrected chi connectivity index (χ3v) is 2.29. The molecule has 80 valence electrons. The van der Waals surface area contributed by atoms with Crippen molar-refractivity contribution in [3.05, 3.63) is 0 Å². The first-order valence-corrected chi connectivity index (χ1v) is 4.90. The lowest BCUT2D eigenvalue weighted by molar-refractivity contribution is -0.129. The summed E-state index contributed by atoms with van der Waals surface area (Å²) in [6.07, 6.45) is 1.84. The largest absolute Gasteiger partial charge is 0.379 e. The number of amides is 1. The number of rotatable bonds is 3. The summed E-state index contributed by atoms with van der Waals surface area (Å²) in [6, 6.07) is 0. The lowest BCUT2D eigenvalue weighted by atomic mass is 9.94. The summed E-state index contributed by atoms with van der Waals surface area (Å²) in [5.41, 5.74) is -0.287. The summed E-state index contributed by atoms with van der Waals surface area (Å²) in [4.78, 5) is 22.0. The van der Waals surface area contributed by atoms with Crippen molar-refractivity contribution < 1.29 is 14.3 Å². The van der Waals surface area contributed by atoms with Crippen LogP contribution in [0.15, 0.2) is 0 Å². The third-order valence-electron chi connectivity index (χ3n) is 2.29. The molecule has 0 aliphatic carbocycles. The van der Waals surface area contributed by atoms with Crippen molar-refractivity contribution in [2.24, 2.45) is 0 Å². The molecular weight excluding hydrogens is 182 g/mol. The second-order valence-corrected chi connectivity index (χ2v) is 4.14. The number of hydrogen-bond donors (Lipinski definition) is 1. The number of nitrogens with one attached hydrogen (secondary N) is 1. The summed E-state index contributed by atoms with van der Waals surface area (Å²) >= 11 is 0. The molecule has 1 aliphatic rings. The van der Waals surface area contributed by atoms with Crippen LogP contribution in [0.1, 0.15) is 33.1 Å². The zero-order valence-corrected chi connectivity index (χ0v) is 8.76. The van der Waals surface area contributed by atoms with E-state index in [4.69, 9.17) is 4.74 Å². The van der Waals surface area contributed by atoms with Crippen LogP contribution in [0.4, 0.5) is 0 Å². The SMILES string of the molecule is CC(=O)CC(=O)NC1(C)CCCOC1. The molecule has 1 amide bonds. The van der Waals surface area contributed by atoms with Crippen LogP contribution < -0.4 is 5.32 Å². The second kappa shape index (κ2) is 4.55. The quantitative estimate of drug-likeness (QED) is 0.679. The fraction of sp³-hybridized carbons (Fsp3) is 0.800. The van der Waals surface area contributed by atoms with Gasteiger partial charge in [0.25, 0.3) is 0 Å². The summed E-state index contributed by atoms with van der Waals surface area (Å²) in [7, 11) is 0. The van der Waals surface area contributed by atoms with E-state index in [0.29, 0.717) is 6.61 Å². The van der Waals surface area contributed by atoms with Crippen molar-refractivity contribution in [2.75, 3.05) is 13.2 Å². The van der Waals surface area contributed by atoms with Gasteiger partial charge in [-0.2, -0.15) is 0 Å². The van der Waals surface area contributed by atoms with E-state index in [0.717, 1.165) is 19.4 Å². The van der Waals surface area contributed by atoms with Crippen molar-refractivity contribution in [1.29, 1.82) is 0 Å². The van der Waals surface area contributed by atoms with Gasteiger partial charge in [0.2, 0.25) is 5.91 Å². The average Bonchev–Trinajstić information content (AvgIpc) is 2.02. The maximum Gasteiger partial charge on any atom is 0.227 e. The highest BCUT2D eigenvalue weighted by molar-refractivity contribution is 5.97. The van der Waals surface area contributed by atoms with E-state index >= 15 is 0 Å². The fourth-order valence-electron chi connectivity index (χ4n) is 1.64. The monoisotopic (exact) mass is 199 g/mol. The van der Waals surface area contributed by atoms with Gasteiger partial charge in [-0.15, -0.1) is 0 Å². The van der Waals surface area contributed by atoms with Crippen LogP contribution in [0.5, 0.6) is 0 Å². The summed E-state index contributed by atoms with van der Waals surface area (Å²) in [5, 5.41) is 2.84. The molecule has 0 radical (unpaired) electrons. The Morgan fingerprint density at radius 3 is 2.71 bits per heavy atom. The van der Waals surface area contributed by atoms with E-state index < -0.39 is 0 Å². The standard InChI is InChI=1S/C10H17NO3/c1-8(12)6-9(13)11-10(2)4-3-5-14-7-10/h3-7H2,1-2H3,(H,11,13). The van der Waals surface area contributed by atoms with Crippen molar-refractivity contribution in [2.45, 2.75) is 38.6 Å². The van der Waals surface area contributed by atoms with Crippen molar-refractivity contribution in [1.82, 2.24) is 5.32 Å². The number of hydrogen-bond acceptors (Lipinski definition) is 3. The summed E-state index contributed by atoms with van der Waals surface area (Å²) < 4.78 is 5.29. The molecule has 1 saturated heterocycles. The topological polar surface area (TPSA) is 55.4 Å². The minimum absolute atomic E-state index is 0.0322. The number of carbonyl (C=O) groups excluding carboxylic acids is 2. The third kappa shape index (κ3) is 3.46. The molecule has 0 aromatic heterocycles. The lowest BCUT2D eigenvalue weighted by Gasteiger charge is -2.34. The molecule has 1 N–H and O–H groups in total. The van der Waals surface area contributed by atoms with Gasteiger partial charge in [-0.1, -0.05) is 0 Å². The first kappa shape index (κ1) is 11.2. The van der Waals surface area contributed by atoms with Gasteiger partial charge >= 0.3 is 0 Å². The van der Waals surface area contributed by atoms with Crippen LogP contribution in [0.2, 0.25) is 0 Å². The summed E-state index contributed by atoms with van der Waals surface area (Å²) in [6.45, 7) is 4.66. The molecule has 0 aromatic rings. The Balaban J connectivity index is 2.41. The van der Waals surface area contributed by atoms with Gasteiger partial charge in [0.1, 0.15) is 5.78 Å². The summed E-state index contributed by atoms with van der Waals surface area (Å²) in [5.74, 6) is -0.312. The highest BCUT2D eigenvalue weighted by atomic mass is 16.5. The normalized spacial score (nSPS) is 27.0. The van der Waals surface area contributed by atoms with E-state index in [1.54, 1.807) is 0 Å². The molecular formula is C10H17NO3. The van der Waals surface area contributed by atoms with Crippen LogP contribution >= 0.6 is 0 Å². The molecule has 1 heterocycles. The lowest BCUT2D eigenvalue weighted by Crippen LogP contribution is -2.51. The predicted molar refractivity (Wildman–Crippen MR) is 51.9 cm³/mol. The number of ether oxygens (including phenoxy) is 1. The van der Waals surface area contributed by atoms with Gasteiger partial charge < -0.3 is 10.1 Å². The zero-order chi connectivity index (χ0) is 10.6. The number of carbonyl (C=O) groups is 2. The molecule has 14 heavy (non-hydrogen) atoms. The van der Waals surface area contributed by atoms with Crippen LogP contribution in [0, 0.1) is 0 Å². The Morgan fingerprint density at radius 2 is 2.21 bits per heavy atom. The molecule has 0 bridgehead atoms. The molecule has 0 saturated carbocycles. The molecule has 1 fully saturated rings. The van der Waals surface area contributed by atoms with Crippen LogP contribution in [0.25, 0.3) is 0 Å². The number of ketones is 1. The molecule has 4 heteroatoms. The van der Waals surface area contributed by atoms with Crippen LogP contribution in [0.3, 0.4) is 0 Å². The minimum Gasteiger partial charge on any atom is -0.379 e. The fourth-order valence-corrected chi connectivity index (χ4v) is 1.64. The minimum atomic E-state index is -0.287. The van der Waals surface area contributed by atoms with Crippen LogP contribution in [-0.4, -0.2) is 30.4 Å². The number of Topliss-reactive ketones (excluding diaryl/α,β-unsaturated/α-hetero) is 1. The second-order valence-electron chi connectivity index (χ2n) is 4.14. The zero-order valence-electron chi connectivity index (χ0n) is 8.76. The van der Waals surface area contributed by atoms with Crippen molar-refractivity contribution in [3.8, 4) is 0 Å². The predicted octanol–water partition coefficient (Wildman–Crippen LogP) is 0.651. The van der Waals surface area contributed by atoms with Gasteiger partial charge in [-0.05, 0) is 26.7 Å². The van der Waals surface area contributed by atoms with E-state index in [9.17, 15) is 9.59 Å². The highest BCUT2D eigenvalue weighted by Gasteiger charge is 2.29. The maximum absolute atomic E-state index is 11.3. The van der Waals surface area contributed by atoms with Gasteiger partial charge in [0.05, 0.1) is 18.6 Å². The van der Waals surface area contributed by atoms with Crippen molar-refractivity contribution in [3.63, 3.8) is 0 Å². The Labute approximate surface area is 84.0 Å². The Kier molecular flexibility index (Phi) is 3.63.